The minimum Gasteiger partial charge on any atom is -0.310 e. The first-order valence-electron chi connectivity index (χ1n) is 7.82. The molecule has 1 unspecified atom stereocenters. The standard InChI is InChI=1S/C16H23ClN4/c1-12-6-7-14-16(18-12)21(15(10-17)19-14)11-13(2)20-8-4-3-5-9-20/h6-7,13H,3-5,8-11H2,1-2H3. The number of alkyl halides is 1. The summed E-state index contributed by atoms with van der Waals surface area (Å²) in [5.74, 6) is 1.36. The Hall–Kier alpha value is -1.13. The molecule has 3 heterocycles. The third kappa shape index (κ3) is 3.06. The van der Waals surface area contributed by atoms with E-state index < -0.39 is 0 Å². The van der Waals surface area contributed by atoms with Gasteiger partial charge in [0.15, 0.2) is 5.65 Å². The average molecular weight is 307 g/mol. The Morgan fingerprint density at radius 1 is 1.19 bits per heavy atom. The second-order valence-corrected chi connectivity index (χ2v) is 6.28. The fraction of sp³-hybridized carbons (Fsp3) is 0.625. The zero-order valence-corrected chi connectivity index (χ0v) is 13.6. The van der Waals surface area contributed by atoms with Crippen molar-refractivity contribution in [2.75, 3.05) is 13.1 Å². The number of imidazole rings is 1. The quantitative estimate of drug-likeness (QED) is 0.812. The predicted molar refractivity (Wildman–Crippen MR) is 86.7 cm³/mol. The molecule has 1 aliphatic rings. The van der Waals surface area contributed by atoms with Crippen LogP contribution in [0.3, 0.4) is 0 Å². The van der Waals surface area contributed by atoms with E-state index in [0.717, 1.165) is 29.2 Å². The Bertz CT molecular complexity index is 616. The van der Waals surface area contributed by atoms with Gasteiger partial charge in [0, 0.05) is 18.3 Å². The van der Waals surface area contributed by atoms with Gasteiger partial charge in [-0.25, -0.2) is 9.97 Å². The van der Waals surface area contributed by atoms with Crippen LogP contribution in [0, 0.1) is 6.92 Å². The Balaban J connectivity index is 1.89. The van der Waals surface area contributed by atoms with E-state index in [0.29, 0.717) is 11.9 Å². The van der Waals surface area contributed by atoms with Crippen molar-refractivity contribution in [3.63, 3.8) is 0 Å². The maximum absolute atomic E-state index is 6.09. The SMILES string of the molecule is Cc1ccc2nc(CCl)n(CC(C)N3CCCCC3)c2n1. The number of halogens is 1. The molecule has 0 aliphatic carbocycles. The van der Waals surface area contributed by atoms with Crippen molar-refractivity contribution in [3.05, 3.63) is 23.7 Å². The molecule has 0 amide bonds. The highest BCUT2D eigenvalue weighted by Crippen LogP contribution is 2.19. The average Bonchev–Trinajstić information content (AvgIpc) is 2.85. The summed E-state index contributed by atoms with van der Waals surface area (Å²) in [5.41, 5.74) is 2.94. The second-order valence-electron chi connectivity index (χ2n) is 6.01. The van der Waals surface area contributed by atoms with Crippen LogP contribution in [0.1, 0.15) is 37.7 Å². The number of fused-ring (bicyclic) bond motifs is 1. The molecule has 0 radical (unpaired) electrons. The summed E-state index contributed by atoms with van der Waals surface area (Å²) in [7, 11) is 0. The fourth-order valence-electron chi connectivity index (χ4n) is 3.18. The van der Waals surface area contributed by atoms with Gasteiger partial charge in [-0.3, -0.25) is 4.90 Å². The van der Waals surface area contributed by atoms with Gasteiger partial charge in [0.1, 0.15) is 11.3 Å². The van der Waals surface area contributed by atoms with Gasteiger partial charge in [0.25, 0.3) is 0 Å². The molecule has 1 aliphatic heterocycles. The second kappa shape index (κ2) is 6.32. The number of hydrogen-bond donors (Lipinski definition) is 0. The molecule has 4 nitrogen and oxygen atoms in total. The highest BCUT2D eigenvalue weighted by Gasteiger charge is 2.20. The van der Waals surface area contributed by atoms with Gasteiger partial charge < -0.3 is 4.57 Å². The Labute approximate surface area is 131 Å². The van der Waals surface area contributed by atoms with Crippen molar-refractivity contribution >= 4 is 22.8 Å². The van der Waals surface area contributed by atoms with E-state index in [-0.39, 0.29) is 0 Å². The lowest BCUT2D eigenvalue weighted by Crippen LogP contribution is -2.40. The zero-order valence-electron chi connectivity index (χ0n) is 12.8. The summed E-state index contributed by atoms with van der Waals surface area (Å²) >= 11 is 6.09. The van der Waals surface area contributed by atoms with Crippen LogP contribution in [0.2, 0.25) is 0 Å². The number of aryl methyl sites for hydroxylation is 1. The summed E-state index contributed by atoms with van der Waals surface area (Å²) in [4.78, 5) is 11.9. The summed E-state index contributed by atoms with van der Waals surface area (Å²) in [6, 6.07) is 4.54. The van der Waals surface area contributed by atoms with Gasteiger partial charge >= 0.3 is 0 Å². The molecule has 5 heteroatoms. The van der Waals surface area contributed by atoms with Gasteiger partial charge in [-0.1, -0.05) is 6.42 Å². The summed E-state index contributed by atoms with van der Waals surface area (Å²) in [6.07, 6.45) is 3.99. The topological polar surface area (TPSA) is 34.0 Å². The summed E-state index contributed by atoms with van der Waals surface area (Å²) in [6.45, 7) is 7.64. The highest BCUT2D eigenvalue weighted by molar-refractivity contribution is 6.16. The Morgan fingerprint density at radius 3 is 2.67 bits per heavy atom. The maximum atomic E-state index is 6.09. The molecule has 0 spiro atoms. The van der Waals surface area contributed by atoms with Gasteiger partial charge in [-0.15, -0.1) is 11.6 Å². The Kier molecular flexibility index (Phi) is 4.45. The van der Waals surface area contributed by atoms with Gasteiger partial charge in [-0.05, 0) is 51.9 Å². The fourth-order valence-corrected chi connectivity index (χ4v) is 3.38. The molecule has 1 atom stereocenters. The Morgan fingerprint density at radius 2 is 1.95 bits per heavy atom. The molecule has 2 aromatic heterocycles. The van der Waals surface area contributed by atoms with E-state index in [1.165, 1.54) is 32.4 Å². The van der Waals surface area contributed by atoms with Crippen molar-refractivity contribution in [3.8, 4) is 0 Å². The molecule has 0 bridgehead atoms. The maximum Gasteiger partial charge on any atom is 0.160 e. The first kappa shape index (κ1) is 14.8. The molecule has 3 rings (SSSR count). The van der Waals surface area contributed by atoms with E-state index in [1.54, 1.807) is 0 Å². The van der Waals surface area contributed by atoms with E-state index >= 15 is 0 Å². The van der Waals surface area contributed by atoms with Crippen molar-refractivity contribution in [1.82, 2.24) is 19.4 Å². The van der Waals surface area contributed by atoms with Crippen LogP contribution in [0.4, 0.5) is 0 Å². The third-order valence-electron chi connectivity index (χ3n) is 4.39. The molecule has 1 saturated heterocycles. The van der Waals surface area contributed by atoms with Crippen molar-refractivity contribution in [2.45, 2.75) is 51.6 Å². The van der Waals surface area contributed by atoms with Crippen LogP contribution in [-0.2, 0) is 12.4 Å². The lowest BCUT2D eigenvalue weighted by atomic mass is 10.1. The van der Waals surface area contributed by atoms with Crippen LogP contribution in [0.15, 0.2) is 12.1 Å². The molecule has 114 valence electrons. The molecule has 2 aromatic rings. The summed E-state index contributed by atoms with van der Waals surface area (Å²) in [5, 5.41) is 0. The number of rotatable bonds is 4. The van der Waals surface area contributed by atoms with Gasteiger partial charge in [-0.2, -0.15) is 0 Å². The molecule has 0 N–H and O–H groups in total. The molecule has 0 aromatic carbocycles. The number of nitrogens with zero attached hydrogens (tertiary/aromatic N) is 4. The first-order chi connectivity index (χ1) is 10.2. The van der Waals surface area contributed by atoms with Crippen molar-refractivity contribution in [2.24, 2.45) is 0 Å². The molecular formula is C16H23ClN4. The highest BCUT2D eigenvalue weighted by atomic mass is 35.5. The van der Waals surface area contributed by atoms with E-state index in [2.05, 4.69) is 26.4 Å². The number of pyridine rings is 1. The zero-order chi connectivity index (χ0) is 14.8. The van der Waals surface area contributed by atoms with Crippen LogP contribution >= 0.6 is 11.6 Å². The van der Waals surface area contributed by atoms with Crippen LogP contribution < -0.4 is 0 Å². The number of aromatic nitrogens is 3. The molecule has 0 saturated carbocycles. The molecule has 1 fully saturated rings. The van der Waals surface area contributed by atoms with Gasteiger partial charge in [0.2, 0.25) is 0 Å². The molecule has 21 heavy (non-hydrogen) atoms. The van der Waals surface area contributed by atoms with Crippen LogP contribution in [0.5, 0.6) is 0 Å². The van der Waals surface area contributed by atoms with E-state index in [4.69, 9.17) is 11.6 Å². The van der Waals surface area contributed by atoms with Crippen LogP contribution in [0.25, 0.3) is 11.2 Å². The number of hydrogen-bond acceptors (Lipinski definition) is 3. The van der Waals surface area contributed by atoms with Gasteiger partial charge in [0.05, 0.1) is 5.88 Å². The predicted octanol–water partition coefficient (Wildman–Crippen LogP) is 3.35. The molecular weight excluding hydrogens is 284 g/mol. The lowest BCUT2D eigenvalue weighted by molar-refractivity contribution is 0.160. The third-order valence-corrected chi connectivity index (χ3v) is 4.63. The lowest BCUT2D eigenvalue weighted by Gasteiger charge is -2.32. The first-order valence-corrected chi connectivity index (χ1v) is 8.35. The normalized spacial score (nSPS) is 18.2. The van der Waals surface area contributed by atoms with Crippen molar-refractivity contribution < 1.29 is 0 Å². The van der Waals surface area contributed by atoms with Crippen LogP contribution in [-0.4, -0.2) is 38.6 Å². The minimum atomic E-state index is 0.433. The van der Waals surface area contributed by atoms with E-state index in [1.807, 2.05) is 19.1 Å². The largest absolute Gasteiger partial charge is 0.310 e. The van der Waals surface area contributed by atoms with E-state index in [9.17, 15) is 0 Å². The number of piperidine rings is 1. The summed E-state index contributed by atoms with van der Waals surface area (Å²) < 4.78 is 2.20. The smallest absolute Gasteiger partial charge is 0.160 e. The monoisotopic (exact) mass is 306 g/mol. The number of likely N-dealkylation sites (tertiary alicyclic amines) is 1. The minimum absolute atomic E-state index is 0.433. The van der Waals surface area contributed by atoms with Crippen molar-refractivity contribution in [1.29, 1.82) is 0 Å².